The van der Waals surface area contributed by atoms with Crippen molar-refractivity contribution in [2.45, 2.75) is 19.6 Å². The molecule has 0 radical (unpaired) electrons. The maximum absolute atomic E-state index is 12.5. The molecule has 3 aromatic carbocycles. The van der Waals surface area contributed by atoms with Gasteiger partial charge in [-0.1, -0.05) is 36.4 Å². The van der Waals surface area contributed by atoms with E-state index in [9.17, 15) is 4.79 Å². The largest absolute Gasteiger partial charge is 0.497 e. The average molecular weight is 421 g/mol. The van der Waals surface area contributed by atoms with E-state index in [2.05, 4.69) is 5.32 Å². The van der Waals surface area contributed by atoms with Crippen LogP contribution < -0.4 is 24.3 Å². The Kier molecular flexibility index (Phi) is 7.38. The van der Waals surface area contributed by atoms with E-state index in [1.807, 2.05) is 60.7 Å². The van der Waals surface area contributed by atoms with Gasteiger partial charge in [-0.05, 0) is 42.3 Å². The second-order valence-electron chi connectivity index (χ2n) is 6.90. The normalized spacial score (nSPS) is 11.4. The topological polar surface area (TPSA) is 66.0 Å². The van der Waals surface area contributed by atoms with Crippen LogP contribution in [0.5, 0.6) is 23.0 Å². The molecular weight excluding hydrogens is 394 g/mol. The van der Waals surface area contributed by atoms with Crippen LogP contribution >= 0.6 is 0 Å². The molecule has 1 atom stereocenters. The van der Waals surface area contributed by atoms with Crippen molar-refractivity contribution >= 4 is 5.91 Å². The molecule has 31 heavy (non-hydrogen) atoms. The standard InChI is InChI=1S/C25H27NO5/c1-17(25(27)26-16-18-9-6-5-7-10-18)31-21-14-19(13-20(15-21)28-2)24-22(29-3)11-8-12-23(24)30-4/h5-15,17H,16H2,1-4H3,(H,26,27). The summed E-state index contributed by atoms with van der Waals surface area (Å²) >= 11 is 0. The monoisotopic (exact) mass is 421 g/mol. The van der Waals surface area contributed by atoms with E-state index in [4.69, 9.17) is 18.9 Å². The maximum Gasteiger partial charge on any atom is 0.261 e. The van der Waals surface area contributed by atoms with Gasteiger partial charge in [0.1, 0.15) is 23.0 Å². The van der Waals surface area contributed by atoms with Crippen LogP contribution in [0.25, 0.3) is 11.1 Å². The van der Waals surface area contributed by atoms with Crippen LogP contribution in [0.3, 0.4) is 0 Å². The maximum atomic E-state index is 12.5. The van der Waals surface area contributed by atoms with Gasteiger partial charge in [0.05, 0.1) is 26.9 Å². The van der Waals surface area contributed by atoms with E-state index in [0.29, 0.717) is 29.5 Å². The molecule has 6 nitrogen and oxygen atoms in total. The van der Waals surface area contributed by atoms with Crippen molar-refractivity contribution in [3.8, 4) is 34.1 Å². The van der Waals surface area contributed by atoms with Crippen molar-refractivity contribution < 1.29 is 23.7 Å². The van der Waals surface area contributed by atoms with Crippen molar-refractivity contribution in [3.63, 3.8) is 0 Å². The van der Waals surface area contributed by atoms with Gasteiger partial charge < -0.3 is 24.3 Å². The molecule has 0 fully saturated rings. The quantitative estimate of drug-likeness (QED) is 0.552. The molecule has 0 aliphatic heterocycles. The number of methoxy groups -OCH3 is 3. The molecule has 6 heteroatoms. The lowest BCUT2D eigenvalue weighted by Gasteiger charge is -2.18. The van der Waals surface area contributed by atoms with Crippen molar-refractivity contribution in [3.05, 3.63) is 72.3 Å². The van der Waals surface area contributed by atoms with Gasteiger partial charge in [-0.15, -0.1) is 0 Å². The Morgan fingerprint density at radius 1 is 0.839 bits per heavy atom. The fourth-order valence-electron chi connectivity index (χ4n) is 3.22. The highest BCUT2D eigenvalue weighted by Gasteiger charge is 2.18. The predicted molar refractivity (Wildman–Crippen MR) is 120 cm³/mol. The van der Waals surface area contributed by atoms with E-state index in [-0.39, 0.29) is 5.91 Å². The summed E-state index contributed by atoms with van der Waals surface area (Å²) in [6.07, 6.45) is -0.691. The van der Waals surface area contributed by atoms with Gasteiger partial charge in [0.25, 0.3) is 5.91 Å². The van der Waals surface area contributed by atoms with Crippen molar-refractivity contribution in [2.24, 2.45) is 0 Å². The third-order valence-corrected chi connectivity index (χ3v) is 4.82. The van der Waals surface area contributed by atoms with E-state index >= 15 is 0 Å². The molecule has 0 saturated carbocycles. The van der Waals surface area contributed by atoms with Gasteiger partial charge in [-0.25, -0.2) is 0 Å². The fraction of sp³-hybridized carbons (Fsp3) is 0.240. The number of hydrogen-bond donors (Lipinski definition) is 1. The third kappa shape index (κ3) is 5.48. The van der Waals surface area contributed by atoms with Gasteiger partial charge in [0.15, 0.2) is 6.10 Å². The summed E-state index contributed by atoms with van der Waals surface area (Å²) in [5.41, 5.74) is 2.59. The fourth-order valence-corrected chi connectivity index (χ4v) is 3.22. The molecule has 1 unspecified atom stereocenters. The van der Waals surface area contributed by atoms with Crippen LogP contribution in [0.1, 0.15) is 12.5 Å². The Balaban J connectivity index is 1.82. The first-order valence-electron chi connectivity index (χ1n) is 9.94. The van der Waals surface area contributed by atoms with E-state index in [1.54, 1.807) is 34.3 Å². The Morgan fingerprint density at radius 2 is 1.48 bits per heavy atom. The highest BCUT2D eigenvalue weighted by atomic mass is 16.5. The molecule has 0 aliphatic rings. The summed E-state index contributed by atoms with van der Waals surface area (Å²) in [6.45, 7) is 2.15. The minimum absolute atomic E-state index is 0.205. The number of nitrogens with one attached hydrogen (secondary N) is 1. The number of carbonyl (C=O) groups is 1. The van der Waals surface area contributed by atoms with Crippen molar-refractivity contribution in [1.82, 2.24) is 5.32 Å². The van der Waals surface area contributed by atoms with E-state index in [1.165, 1.54) is 0 Å². The second kappa shape index (κ2) is 10.4. The lowest BCUT2D eigenvalue weighted by Crippen LogP contribution is -2.35. The molecule has 0 bridgehead atoms. The van der Waals surface area contributed by atoms with Gasteiger partial charge in [0.2, 0.25) is 0 Å². The smallest absolute Gasteiger partial charge is 0.261 e. The molecule has 0 saturated heterocycles. The molecule has 0 aromatic heterocycles. The zero-order valence-corrected chi connectivity index (χ0v) is 18.2. The summed E-state index contributed by atoms with van der Waals surface area (Å²) in [6, 6.07) is 20.8. The Morgan fingerprint density at radius 3 is 2.10 bits per heavy atom. The summed E-state index contributed by atoms with van der Waals surface area (Å²) < 4.78 is 22.4. The second-order valence-corrected chi connectivity index (χ2v) is 6.90. The van der Waals surface area contributed by atoms with Crippen LogP contribution in [0, 0.1) is 0 Å². The molecule has 0 aliphatic carbocycles. The number of carbonyl (C=O) groups excluding carboxylic acids is 1. The Bertz CT molecular complexity index is 997. The van der Waals surface area contributed by atoms with E-state index < -0.39 is 6.10 Å². The summed E-state index contributed by atoms with van der Waals surface area (Å²) in [4.78, 5) is 12.5. The number of benzene rings is 3. The predicted octanol–water partition coefficient (Wildman–Crippen LogP) is 4.46. The molecule has 3 rings (SSSR count). The van der Waals surface area contributed by atoms with Crippen molar-refractivity contribution in [1.29, 1.82) is 0 Å². The number of rotatable bonds is 9. The Labute approximate surface area is 182 Å². The van der Waals surface area contributed by atoms with Gasteiger partial charge in [0, 0.05) is 12.6 Å². The average Bonchev–Trinajstić information content (AvgIpc) is 2.82. The molecule has 1 amide bonds. The Hall–Kier alpha value is -3.67. The van der Waals surface area contributed by atoms with Crippen LogP contribution in [0.2, 0.25) is 0 Å². The minimum atomic E-state index is -0.691. The molecule has 0 heterocycles. The first kappa shape index (κ1) is 22.0. The van der Waals surface area contributed by atoms with E-state index in [0.717, 1.165) is 16.7 Å². The highest BCUT2D eigenvalue weighted by molar-refractivity contribution is 5.81. The summed E-state index contributed by atoms with van der Waals surface area (Å²) in [5, 5.41) is 2.90. The lowest BCUT2D eigenvalue weighted by atomic mass is 10.0. The zero-order chi connectivity index (χ0) is 22.2. The highest BCUT2D eigenvalue weighted by Crippen LogP contribution is 2.41. The van der Waals surface area contributed by atoms with Crippen LogP contribution in [-0.4, -0.2) is 33.3 Å². The number of hydrogen-bond acceptors (Lipinski definition) is 5. The minimum Gasteiger partial charge on any atom is -0.497 e. The molecule has 162 valence electrons. The van der Waals surface area contributed by atoms with Crippen LogP contribution in [-0.2, 0) is 11.3 Å². The lowest BCUT2D eigenvalue weighted by molar-refractivity contribution is -0.127. The van der Waals surface area contributed by atoms with Gasteiger partial charge in [-0.2, -0.15) is 0 Å². The third-order valence-electron chi connectivity index (χ3n) is 4.82. The van der Waals surface area contributed by atoms with Gasteiger partial charge >= 0.3 is 0 Å². The molecule has 1 N–H and O–H groups in total. The van der Waals surface area contributed by atoms with Crippen LogP contribution in [0.4, 0.5) is 0 Å². The number of ether oxygens (including phenoxy) is 4. The molecule has 3 aromatic rings. The first-order chi connectivity index (χ1) is 15.0. The molecular formula is C25H27NO5. The van der Waals surface area contributed by atoms with Crippen LogP contribution in [0.15, 0.2) is 66.7 Å². The molecule has 0 spiro atoms. The summed E-state index contributed by atoms with van der Waals surface area (Å²) in [7, 11) is 4.79. The van der Waals surface area contributed by atoms with Crippen molar-refractivity contribution in [2.75, 3.05) is 21.3 Å². The first-order valence-corrected chi connectivity index (χ1v) is 9.94. The number of amides is 1. The summed E-state index contributed by atoms with van der Waals surface area (Å²) in [5.74, 6) is 2.21. The van der Waals surface area contributed by atoms with Gasteiger partial charge in [-0.3, -0.25) is 4.79 Å². The SMILES string of the molecule is COc1cc(OC(C)C(=O)NCc2ccccc2)cc(-c2c(OC)cccc2OC)c1. The zero-order valence-electron chi connectivity index (χ0n) is 18.2.